The van der Waals surface area contributed by atoms with Crippen molar-refractivity contribution in [3.05, 3.63) is 30.1 Å². The summed E-state index contributed by atoms with van der Waals surface area (Å²) in [4.78, 5) is 7.98. The predicted molar refractivity (Wildman–Crippen MR) is 55.9 cm³/mol. The van der Waals surface area contributed by atoms with Gasteiger partial charge in [-0.15, -0.1) is 12.4 Å². The first kappa shape index (κ1) is 11.7. The van der Waals surface area contributed by atoms with Crippen LogP contribution >= 0.6 is 12.4 Å². The van der Waals surface area contributed by atoms with Crippen molar-refractivity contribution in [2.24, 2.45) is 16.5 Å². The van der Waals surface area contributed by atoms with Crippen molar-refractivity contribution in [3.63, 3.8) is 0 Å². The van der Waals surface area contributed by atoms with Crippen LogP contribution < -0.4 is 11.5 Å². The summed E-state index contributed by atoms with van der Waals surface area (Å²) in [6.45, 7) is 0.597. The molecule has 0 saturated carbocycles. The number of hydrogen-bond donors (Lipinski definition) is 2. The van der Waals surface area contributed by atoms with Crippen molar-refractivity contribution in [2.75, 3.05) is 6.54 Å². The van der Waals surface area contributed by atoms with Crippen LogP contribution in [0.15, 0.2) is 29.4 Å². The van der Waals surface area contributed by atoms with Crippen molar-refractivity contribution in [3.8, 4) is 0 Å². The Morgan fingerprint density at radius 3 is 2.69 bits per heavy atom. The van der Waals surface area contributed by atoms with E-state index in [9.17, 15) is 0 Å². The van der Waals surface area contributed by atoms with E-state index in [4.69, 9.17) is 11.5 Å². The Kier molecular flexibility index (Phi) is 5.63. The average molecular weight is 201 g/mol. The van der Waals surface area contributed by atoms with Gasteiger partial charge in [-0.05, 0) is 12.1 Å². The summed E-state index contributed by atoms with van der Waals surface area (Å²) in [5.41, 5.74) is 11.3. The maximum atomic E-state index is 5.16. The first-order valence-electron chi connectivity index (χ1n) is 3.74. The van der Waals surface area contributed by atoms with Gasteiger partial charge in [-0.3, -0.25) is 9.98 Å². The van der Waals surface area contributed by atoms with Crippen molar-refractivity contribution in [1.29, 1.82) is 0 Å². The van der Waals surface area contributed by atoms with E-state index in [1.54, 1.807) is 6.20 Å². The fourth-order valence-electron chi connectivity index (χ4n) is 0.846. The fourth-order valence-corrected chi connectivity index (χ4v) is 0.846. The highest BCUT2D eigenvalue weighted by molar-refractivity contribution is 5.85. The molecule has 0 amide bonds. The average Bonchev–Trinajstić information content (AvgIpc) is 2.05. The minimum absolute atomic E-state index is 0. The highest BCUT2D eigenvalue weighted by atomic mass is 35.5. The smallest absolute Gasteiger partial charge is 0.185 e. The normalized spacial score (nSPS) is 8.62. The molecule has 0 saturated heterocycles. The van der Waals surface area contributed by atoms with Crippen molar-refractivity contribution in [2.45, 2.75) is 6.42 Å². The maximum absolute atomic E-state index is 5.16. The molecule has 4 nitrogen and oxygen atoms in total. The molecule has 1 rings (SSSR count). The van der Waals surface area contributed by atoms with Gasteiger partial charge < -0.3 is 11.5 Å². The van der Waals surface area contributed by atoms with Gasteiger partial charge in [0.05, 0.1) is 0 Å². The monoisotopic (exact) mass is 200 g/mol. The van der Waals surface area contributed by atoms with Crippen LogP contribution in [0.1, 0.15) is 5.69 Å². The molecule has 0 atom stereocenters. The van der Waals surface area contributed by atoms with E-state index in [2.05, 4.69) is 9.98 Å². The van der Waals surface area contributed by atoms with Gasteiger partial charge in [0.2, 0.25) is 0 Å². The van der Waals surface area contributed by atoms with Crippen LogP contribution in [0.25, 0.3) is 0 Å². The van der Waals surface area contributed by atoms with Gasteiger partial charge in [-0.1, -0.05) is 6.07 Å². The predicted octanol–water partition coefficient (Wildman–Crippen LogP) is 0.319. The molecule has 0 unspecified atom stereocenters. The lowest BCUT2D eigenvalue weighted by Gasteiger charge is -1.95. The van der Waals surface area contributed by atoms with Crippen LogP contribution in [0.4, 0.5) is 0 Å². The van der Waals surface area contributed by atoms with Gasteiger partial charge in [-0.2, -0.15) is 0 Å². The number of hydrogen-bond acceptors (Lipinski definition) is 2. The van der Waals surface area contributed by atoms with Gasteiger partial charge in [0.1, 0.15) is 0 Å². The minimum atomic E-state index is 0. The third kappa shape index (κ3) is 5.03. The van der Waals surface area contributed by atoms with Crippen molar-refractivity contribution >= 4 is 18.4 Å². The fraction of sp³-hybridized carbons (Fsp3) is 0.250. The van der Waals surface area contributed by atoms with Crippen LogP contribution in [0.3, 0.4) is 0 Å². The second-order valence-electron chi connectivity index (χ2n) is 2.38. The number of nitrogens with two attached hydrogens (primary N) is 2. The van der Waals surface area contributed by atoms with Gasteiger partial charge in [-0.25, -0.2) is 0 Å². The van der Waals surface area contributed by atoms with Crippen LogP contribution in [-0.2, 0) is 6.42 Å². The molecule has 1 aromatic heterocycles. The Morgan fingerprint density at radius 2 is 2.15 bits per heavy atom. The molecular weight excluding hydrogens is 188 g/mol. The lowest BCUT2D eigenvalue weighted by Crippen LogP contribution is -2.23. The Labute approximate surface area is 83.5 Å². The van der Waals surface area contributed by atoms with Gasteiger partial charge in [0.15, 0.2) is 5.96 Å². The number of guanidine groups is 1. The molecule has 1 heterocycles. The molecule has 0 aromatic carbocycles. The van der Waals surface area contributed by atoms with E-state index in [1.165, 1.54) is 0 Å². The van der Waals surface area contributed by atoms with E-state index in [1.807, 2.05) is 18.2 Å². The molecular formula is C8H13ClN4. The molecule has 0 fully saturated rings. The first-order chi connectivity index (χ1) is 5.79. The quantitative estimate of drug-likeness (QED) is 0.545. The Balaban J connectivity index is 0.00000144. The van der Waals surface area contributed by atoms with E-state index < -0.39 is 0 Å². The third-order valence-corrected chi connectivity index (χ3v) is 1.39. The van der Waals surface area contributed by atoms with Crippen molar-refractivity contribution < 1.29 is 0 Å². The molecule has 0 aliphatic rings. The minimum Gasteiger partial charge on any atom is -0.370 e. The topological polar surface area (TPSA) is 77.3 Å². The third-order valence-electron chi connectivity index (χ3n) is 1.39. The van der Waals surface area contributed by atoms with E-state index >= 15 is 0 Å². The summed E-state index contributed by atoms with van der Waals surface area (Å²) in [6, 6.07) is 5.77. The highest BCUT2D eigenvalue weighted by Crippen LogP contribution is 1.93. The lowest BCUT2D eigenvalue weighted by atomic mass is 10.3. The number of pyridine rings is 1. The van der Waals surface area contributed by atoms with E-state index in [0.29, 0.717) is 6.54 Å². The highest BCUT2D eigenvalue weighted by Gasteiger charge is 1.90. The first-order valence-corrected chi connectivity index (χ1v) is 3.74. The Morgan fingerprint density at radius 1 is 1.38 bits per heavy atom. The van der Waals surface area contributed by atoms with Gasteiger partial charge >= 0.3 is 0 Å². The van der Waals surface area contributed by atoms with Crippen LogP contribution in [0.5, 0.6) is 0 Å². The molecule has 0 bridgehead atoms. The zero-order valence-electron chi connectivity index (χ0n) is 7.18. The summed E-state index contributed by atoms with van der Waals surface area (Å²) in [6.07, 6.45) is 2.53. The molecule has 13 heavy (non-hydrogen) atoms. The molecule has 72 valence electrons. The van der Waals surface area contributed by atoms with Crippen LogP contribution in [0, 0.1) is 0 Å². The van der Waals surface area contributed by atoms with Gasteiger partial charge in [0.25, 0.3) is 0 Å². The molecule has 0 spiro atoms. The standard InChI is InChI=1S/C8H12N4.ClH/c9-8(10)12-6-4-7-3-1-2-5-11-7;/h1-3,5H,4,6H2,(H4,9,10,12);1H. The SMILES string of the molecule is Cl.NC(N)=NCCc1ccccn1. The Hall–Kier alpha value is -1.29. The molecule has 1 aromatic rings. The second kappa shape index (κ2) is 6.25. The zero-order valence-corrected chi connectivity index (χ0v) is 8.00. The molecule has 5 heteroatoms. The van der Waals surface area contributed by atoms with E-state index in [0.717, 1.165) is 12.1 Å². The second-order valence-corrected chi connectivity index (χ2v) is 2.38. The summed E-state index contributed by atoms with van der Waals surface area (Å²) in [7, 11) is 0. The van der Waals surface area contributed by atoms with Crippen LogP contribution in [0.2, 0.25) is 0 Å². The van der Waals surface area contributed by atoms with Crippen LogP contribution in [-0.4, -0.2) is 17.5 Å². The summed E-state index contributed by atoms with van der Waals surface area (Å²) in [5, 5.41) is 0. The number of aliphatic imine (C=N–C) groups is 1. The van der Waals surface area contributed by atoms with Crippen molar-refractivity contribution in [1.82, 2.24) is 4.98 Å². The summed E-state index contributed by atoms with van der Waals surface area (Å²) >= 11 is 0. The molecule has 0 aliphatic carbocycles. The number of aromatic nitrogens is 1. The van der Waals surface area contributed by atoms with Gasteiger partial charge in [0, 0.05) is 24.9 Å². The summed E-state index contributed by atoms with van der Waals surface area (Å²) in [5.74, 6) is 0.130. The number of nitrogens with zero attached hydrogens (tertiary/aromatic N) is 2. The number of halogens is 1. The maximum Gasteiger partial charge on any atom is 0.185 e. The van der Waals surface area contributed by atoms with E-state index in [-0.39, 0.29) is 18.4 Å². The lowest BCUT2D eigenvalue weighted by molar-refractivity contribution is 0.919. The largest absolute Gasteiger partial charge is 0.370 e. The zero-order chi connectivity index (χ0) is 8.81. The number of rotatable bonds is 3. The molecule has 0 aliphatic heterocycles. The molecule has 0 radical (unpaired) electrons. The Bertz CT molecular complexity index is 256. The molecule has 4 N–H and O–H groups in total. The summed E-state index contributed by atoms with van der Waals surface area (Å²) < 4.78 is 0.